The molecule has 8 aromatic carbocycles. The van der Waals surface area contributed by atoms with Crippen LogP contribution in [-0.2, 0) is 17.3 Å². The van der Waals surface area contributed by atoms with Crippen LogP contribution in [0.3, 0.4) is 0 Å². The molecular formula is C68H44Br4N2S2. The van der Waals surface area contributed by atoms with E-state index in [1.807, 2.05) is 0 Å². The first-order valence-electron chi connectivity index (χ1n) is 25.1. The molecule has 2 aliphatic rings. The third kappa shape index (κ3) is 7.69. The van der Waals surface area contributed by atoms with Crippen molar-refractivity contribution < 1.29 is 0 Å². The molecule has 3 aromatic heterocycles. The summed E-state index contributed by atoms with van der Waals surface area (Å²) in [4.78, 5) is 12.4. The van der Waals surface area contributed by atoms with E-state index in [0.29, 0.717) is 0 Å². The van der Waals surface area contributed by atoms with E-state index in [9.17, 15) is 0 Å². The fraction of sp³-hybridized carbons (Fsp3) is 0.0588. The molecule has 0 amide bonds. The predicted octanol–water partition coefficient (Wildman–Crippen LogP) is 20.4. The highest BCUT2D eigenvalue weighted by molar-refractivity contribution is 9.13. The quantitative estimate of drug-likeness (QED) is 0.142. The van der Waals surface area contributed by atoms with Gasteiger partial charge in [0.05, 0.1) is 22.8 Å². The van der Waals surface area contributed by atoms with Gasteiger partial charge >= 0.3 is 0 Å². The van der Waals surface area contributed by atoms with Crippen LogP contribution in [-0.4, -0.2) is 9.97 Å². The van der Waals surface area contributed by atoms with E-state index in [4.69, 9.17) is 73.7 Å². The van der Waals surface area contributed by atoms with Crippen LogP contribution in [0.5, 0.6) is 0 Å². The second-order valence-corrected chi connectivity index (χ2v) is 25.9. The molecule has 4 atom stereocenters. The topological polar surface area (TPSA) is 25.8 Å². The van der Waals surface area contributed by atoms with Crippen LogP contribution in [0.25, 0.3) is 63.3 Å². The van der Waals surface area contributed by atoms with Crippen molar-refractivity contribution in [2.75, 3.05) is 0 Å². The van der Waals surface area contributed by atoms with Crippen molar-refractivity contribution in [2.45, 2.75) is 17.3 Å². The van der Waals surface area contributed by atoms with Crippen LogP contribution >= 0.6 is 86.4 Å². The van der Waals surface area contributed by atoms with Gasteiger partial charge in [0.2, 0.25) is 0 Å². The van der Waals surface area contributed by atoms with Crippen molar-refractivity contribution in [3.63, 3.8) is 0 Å². The molecule has 8 heteroatoms. The Morgan fingerprint density at radius 1 is 0.224 bits per heavy atom. The Morgan fingerprint density at radius 2 is 0.395 bits per heavy atom. The second kappa shape index (κ2) is 19.9. The molecule has 2 nitrogen and oxygen atoms in total. The molecule has 76 heavy (non-hydrogen) atoms. The van der Waals surface area contributed by atoms with Gasteiger partial charge in [-0.15, -0.1) is 22.7 Å². The number of fused-ring (bicyclic) bond motifs is 8. The third-order valence-corrected chi connectivity index (χ3v) is 23.8. The Kier molecular flexibility index (Phi) is 12.9. The fourth-order valence-corrected chi connectivity index (χ4v) is 17.5. The number of thiophene rings is 2. The fourth-order valence-electron chi connectivity index (χ4n) is 11.3. The summed E-state index contributed by atoms with van der Waals surface area (Å²) in [5.41, 5.74) is 16.1. The average molecular weight is 1270 g/mol. The average Bonchev–Trinajstić information content (AvgIpc) is 4.35. The van der Waals surface area contributed by atoms with Gasteiger partial charge in [0, 0.05) is 41.1 Å². The molecule has 0 fully saturated rings. The molecule has 2 aliphatic heterocycles. The first-order valence-corrected chi connectivity index (χ1v) is 29.9. The maximum absolute atomic E-state index is 6.20. The summed E-state index contributed by atoms with van der Waals surface area (Å²) in [5, 5.41) is 0. The molecule has 5 heterocycles. The predicted molar refractivity (Wildman–Crippen MR) is 334 cm³/mol. The zero-order chi connectivity index (χ0) is 51.5. The van der Waals surface area contributed by atoms with Gasteiger partial charge in [-0.1, -0.05) is 306 Å². The zero-order valence-corrected chi connectivity index (χ0v) is 48.6. The van der Waals surface area contributed by atoms with E-state index in [1.54, 1.807) is 22.7 Å². The summed E-state index contributed by atoms with van der Waals surface area (Å²) in [6.45, 7) is 0. The molecule has 366 valence electrons. The number of alkyl halides is 4. The van der Waals surface area contributed by atoms with E-state index in [1.165, 1.54) is 0 Å². The number of nitrogens with zero attached hydrogens (tertiary/aromatic N) is 2. The minimum absolute atomic E-state index is 0.889. The molecule has 0 aliphatic carbocycles. The molecular weight excluding hydrogens is 1230 g/mol. The standard InChI is InChI=1S/C68H44Br4N2S2/c69-65(49-33-17-5-18-34-49)61-57(45-25-9-1-10-26-45)53-41-42-54(75-53)58(46-27-11-2-12-28-46)63-67(71,51-37-21-7-22-38-51)68(72,52-39-23-8-24-40-52)64(74-63)60(48-31-15-4-16-32-48)56-44-43-55(76-56)59(47-29-13-3-14-30-47)62(73-61)66(65,70)50-35-19-6-20-36-50/h1-44H. The van der Waals surface area contributed by atoms with E-state index in [-0.39, 0.29) is 0 Å². The Balaban J connectivity index is 1.34. The summed E-state index contributed by atoms with van der Waals surface area (Å²) >= 11 is 22.4. The first-order chi connectivity index (χ1) is 37.2. The Labute approximate surface area is 484 Å². The van der Waals surface area contributed by atoms with E-state index >= 15 is 0 Å². The Morgan fingerprint density at radius 3 is 0.579 bits per heavy atom. The molecule has 8 bridgehead atoms. The van der Waals surface area contributed by atoms with Crippen molar-refractivity contribution in [1.82, 2.24) is 9.97 Å². The summed E-state index contributed by atoms with van der Waals surface area (Å²) in [6.07, 6.45) is 0. The van der Waals surface area contributed by atoms with Crippen LogP contribution < -0.4 is 0 Å². The highest BCUT2D eigenvalue weighted by Crippen LogP contribution is 2.68. The maximum Gasteiger partial charge on any atom is 0.118 e. The lowest BCUT2D eigenvalue weighted by Gasteiger charge is -2.40. The number of aromatic nitrogens is 2. The minimum atomic E-state index is -0.975. The van der Waals surface area contributed by atoms with Gasteiger partial charge < -0.3 is 0 Å². The third-order valence-electron chi connectivity index (χ3n) is 14.8. The summed E-state index contributed by atoms with van der Waals surface area (Å²) in [7, 11) is 0. The highest BCUT2D eigenvalue weighted by Gasteiger charge is 2.62. The van der Waals surface area contributed by atoms with Crippen molar-refractivity contribution in [3.8, 4) is 44.5 Å². The molecule has 11 aromatic rings. The number of benzene rings is 8. The first kappa shape index (κ1) is 49.2. The number of rotatable bonds is 8. The summed E-state index contributed by atoms with van der Waals surface area (Å²) in [6, 6.07) is 95.7. The van der Waals surface area contributed by atoms with Gasteiger partial charge in [0.1, 0.15) is 17.3 Å². The summed E-state index contributed by atoms with van der Waals surface area (Å²) in [5.74, 6) is 0. The van der Waals surface area contributed by atoms with Crippen LogP contribution in [0.15, 0.2) is 267 Å². The smallest absolute Gasteiger partial charge is 0.118 e. The van der Waals surface area contributed by atoms with Gasteiger partial charge in [-0.2, -0.15) is 0 Å². The lowest BCUT2D eigenvalue weighted by atomic mass is 9.76. The molecule has 0 saturated heterocycles. The second-order valence-electron chi connectivity index (χ2n) is 19.0. The van der Waals surface area contributed by atoms with Crippen LogP contribution in [0.2, 0.25) is 0 Å². The van der Waals surface area contributed by atoms with Crippen molar-refractivity contribution in [2.24, 2.45) is 0 Å². The summed E-state index contributed by atoms with van der Waals surface area (Å²) < 4.78 is 0.365. The molecule has 0 radical (unpaired) electrons. The lowest BCUT2D eigenvalue weighted by Crippen LogP contribution is -2.39. The monoisotopic (exact) mass is 1270 g/mol. The van der Waals surface area contributed by atoms with Crippen molar-refractivity contribution >= 4 is 105 Å². The van der Waals surface area contributed by atoms with Gasteiger partial charge in [-0.25, -0.2) is 0 Å². The van der Waals surface area contributed by atoms with Gasteiger partial charge in [0.15, 0.2) is 0 Å². The number of hydrogen-bond acceptors (Lipinski definition) is 4. The van der Waals surface area contributed by atoms with Crippen molar-refractivity contribution in [3.05, 3.63) is 312 Å². The number of halogens is 4. The van der Waals surface area contributed by atoms with Gasteiger partial charge in [0.25, 0.3) is 0 Å². The maximum atomic E-state index is 6.20. The van der Waals surface area contributed by atoms with Gasteiger partial charge in [-0.05, 0) is 68.8 Å². The highest BCUT2D eigenvalue weighted by atomic mass is 79.9. The SMILES string of the molecule is BrC1(c2ccccc2)c2nc(c(-c3ccccc3)c3ccc(s3)c(-c3ccccc3)c3nc(c(-c4ccccc4)c4ccc(s4)c2-c2ccccc2)C(Br)(c2ccccc2)C3(Br)c2ccccc2)C1(Br)c1ccccc1. The van der Waals surface area contributed by atoms with Crippen LogP contribution in [0.4, 0.5) is 0 Å². The largest absolute Gasteiger partial charge is 0.253 e. The Bertz CT molecular complexity index is 3560. The van der Waals surface area contributed by atoms with E-state index in [2.05, 4.69) is 267 Å². The lowest BCUT2D eigenvalue weighted by molar-refractivity contribution is 0.643. The zero-order valence-electron chi connectivity index (χ0n) is 40.6. The van der Waals surface area contributed by atoms with Crippen LogP contribution in [0, 0.1) is 0 Å². The molecule has 0 spiro atoms. The van der Waals surface area contributed by atoms with E-state index < -0.39 is 17.3 Å². The Hall–Kier alpha value is -6.36. The van der Waals surface area contributed by atoms with Crippen molar-refractivity contribution in [1.29, 1.82) is 0 Å². The van der Waals surface area contributed by atoms with E-state index in [0.717, 1.165) is 108 Å². The molecule has 0 N–H and O–H groups in total. The molecule has 0 saturated carbocycles. The van der Waals surface area contributed by atoms with Crippen LogP contribution in [0.1, 0.15) is 45.0 Å². The molecule has 4 unspecified atom stereocenters. The normalized spacial score (nSPS) is 20.1. The number of hydrogen-bond donors (Lipinski definition) is 0. The minimum Gasteiger partial charge on any atom is -0.253 e. The van der Waals surface area contributed by atoms with Gasteiger partial charge in [-0.3, -0.25) is 9.97 Å². The molecule has 13 rings (SSSR count).